The predicted octanol–water partition coefficient (Wildman–Crippen LogP) is 4.68. The number of benzene rings is 2. The van der Waals surface area contributed by atoms with Crippen LogP contribution in [-0.2, 0) is 4.79 Å². The van der Waals surface area contributed by atoms with E-state index < -0.39 is 0 Å². The minimum Gasteiger partial charge on any atom is -0.353 e. The molecule has 2 aromatic carbocycles. The van der Waals surface area contributed by atoms with Crippen molar-refractivity contribution in [2.75, 3.05) is 5.75 Å². The molecule has 1 atom stereocenters. The molecule has 1 N–H and O–H groups in total. The number of aromatic nitrogens is 4. The van der Waals surface area contributed by atoms with Crippen LogP contribution in [0.5, 0.6) is 0 Å². The fourth-order valence-corrected chi connectivity index (χ4v) is 4.90. The number of aryl methyl sites for hydroxylation is 2. The van der Waals surface area contributed by atoms with Gasteiger partial charge >= 0.3 is 0 Å². The van der Waals surface area contributed by atoms with Gasteiger partial charge in [-0.05, 0) is 63.3 Å². The van der Waals surface area contributed by atoms with Crippen molar-refractivity contribution in [1.29, 1.82) is 0 Å². The molecule has 2 heterocycles. The second-order valence-corrected chi connectivity index (χ2v) is 10.2. The van der Waals surface area contributed by atoms with E-state index in [2.05, 4.69) is 29.4 Å². The summed E-state index contributed by atoms with van der Waals surface area (Å²) >= 11 is 1.32. The summed E-state index contributed by atoms with van der Waals surface area (Å²) in [4.78, 5) is 26.1. The summed E-state index contributed by atoms with van der Waals surface area (Å²) in [6.45, 7) is 10.4. The van der Waals surface area contributed by atoms with Crippen molar-refractivity contribution < 1.29 is 4.79 Å². The first-order valence-corrected chi connectivity index (χ1v) is 12.6. The number of fused-ring (bicyclic) bond motifs is 3. The van der Waals surface area contributed by atoms with Gasteiger partial charge in [-0.1, -0.05) is 55.4 Å². The summed E-state index contributed by atoms with van der Waals surface area (Å²) in [5.41, 5.74) is 3.45. The fourth-order valence-electron chi connectivity index (χ4n) is 4.15. The molecule has 7 nitrogen and oxygen atoms in total. The number of para-hydroxylation sites is 1. The maximum Gasteiger partial charge on any atom is 0.267 e. The number of rotatable bonds is 8. The average molecular weight is 478 g/mol. The maximum absolute atomic E-state index is 13.5. The largest absolute Gasteiger partial charge is 0.353 e. The standard InChI is InChI=1S/C26H31N5O2S/c1-16(2)10-12-19(5)27-23(32)15-34-26-29-28-25-30(21-13-11-17(3)14-18(21)4)24(33)20-8-6-7-9-22(20)31(25)26/h6-9,11,13-14,16,19H,10,12,15H2,1-5H3,(H,27,32). The topological polar surface area (TPSA) is 81.3 Å². The predicted molar refractivity (Wildman–Crippen MR) is 138 cm³/mol. The average Bonchev–Trinajstić information content (AvgIpc) is 3.21. The molecule has 4 rings (SSSR count). The summed E-state index contributed by atoms with van der Waals surface area (Å²) in [5, 5.41) is 13.0. The lowest BCUT2D eigenvalue weighted by Gasteiger charge is -2.15. The zero-order chi connectivity index (χ0) is 24.4. The number of hydrogen-bond acceptors (Lipinski definition) is 5. The van der Waals surface area contributed by atoms with Crippen molar-refractivity contribution in [2.24, 2.45) is 5.92 Å². The van der Waals surface area contributed by atoms with Gasteiger partial charge in [0.05, 0.1) is 22.3 Å². The molecule has 0 aliphatic carbocycles. The molecule has 4 aromatic rings. The zero-order valence-electron chi connectivity index (χ0n) is 20.3. The summed E-state index contributed by atoms with van der Waals surface area (Å²) in [6, 6.07) is 13.5. The van der Waals surface area contributed by atoms with E-state index in [1.54, 1.807) is 4.57 Å². The summed E-state index contributed by atoms with van der Waals surface area (Å²) in [7, 11) is 0. The summed E-state index contributed by atoms with van der Waals surface area (Å²) in [6.07, 6.45) is 2.03. The molecule has 1 unspecified atom stereocenters. The van der Waals surface area contributed by atoms with E-state index in [-0.39, 0.29) is 23.3 Å². The van der Waals surface area contributed by atoms with Gasteiger partial charge in [-0.3, -0.25) is 14.0 Å². The first-order chi connectivity index (χ1) is 16.3. The number of carbonyl (C=O) groups is 1. The van der Waals surface area contributed by atoms with Crippen molar-refractivity contribution in [3.63, 3.8) is 0 Å². The number of carbonyl (C=O) groups excluding carboxylic acids is 1. The van der Waals surface area contributed by atoms with Gasteiger partial charge in [-0.25, -0.2) is 4.57 Å². The van der Waals surface area contributed by atoms with Crippen LogP contribution in [0.2, 0.25) is 0 Å². The van der Waals surface area contributed by atoms with Gasteiger partial charge in [0.2, 0.25) is 11.7 Å². The van der Waals surface area contributed by atoms with Crippen molar-refractivity contribution in [3.05, 3.63) is 63.9 Å². The third-order valence-electron chi connectivity index (χ3n) is 5.90. The smallest absolute Gasteiger partial charge is 0.267 e. The highest BCUT2D eigenvalue weighted by Gasteiger charge is 2.19. The third kappa shape index (κ3) is 4.87. The number of nitrogens with zero attached hydrogens (tertiary/aromatic N) is 4. The first-order valence-electron chi connectivity index (χ1n) is 11.6. The zero-order valence-corrected chi connectivity index (χ0v) is 21.1. The summed E-state index contributed by atoms with van der Waals surface area (Å²) < 4.78 is 3.48. The van der Waals surface area contributed by atoms with Crippen molar-refractivity contribution in [3.8, 4) is 5.69 Å². The molecular weight excluding hydrogens is 446 g/mol. The second kappa shape index (κ2) is 10.0. The maximum atomic E-state index is 13.5. The molecule has 0 aliphatic heterocycles. The molecule has 0 radical (unpaired) electrons. The molecule has 34 heavy (non-hydrogen) atoms. The van der Waals surface area contributed by atoms with Crippen molar-refractivity contribution >= 4 is 34.3 Å². The lowest BCUT2D eigenvalue weighted by molar-refractivity contribution is -0.119. The van der Waals surface area contributed by atoms with Gasteiger partial charge in [0, 0.05) is 6.04 Å². The van der Waals surface area contributed by atoms with Gasteiger partial charge in [-0.15, -0.1) is 10.2 Å². The number of amides is 1. The molecule has 8 heteroatoms. The quantitative estimate of drug-likeness (QED) is 0.373. The minimum absolute atomic E-state index is 0.0370. The Morgan fingerprint density at radius 3 is 2.56 bits per heavy atom. The molecule has 0 aliphatic rings. The molecule has 2 aromatic heterocycles. The number of thioether (sulfide) groups is 1. The van der Waals surface area contributed by atoms with Crippen molar-refractivity contribution in [1.82, 2.24) is 24.5 Å². The first kappa shape index (κ1) is 24.0. The van der Waals surface area contributed by atoms with Crippen LogP contribution in [0.4, 0.5) is 0 Å². The number of hydrogen-bond donors (Lipinski definition) is 1. The van der Waals surface area contributed by atoms with Crippen LogP contribution >= 0.6 is 11.8 Å². The highest BCUT2D eigenvalue weighted by Crippen LogP contribution is 2.24. The number of nitrogens with one attached hydrogen (secondary N) is 1. The van der Waals surface area contributed by atoms with Gasteiger partial charge in [0.25, 0.3) is 5.56 Å². The van der Waals surface area contributed by atoms with E-state index in [0.717, 1.165) is 35.2 Å². The molecule has 1 amide bonds. The Morgan fingerprint density at radius 2 is 1.82 bits per heavy atom. The third-order valence-corrected chi connectivity index (χ3v) is 6.83. The molecule has 0 bridgehead atoms. The SMILES string of the molecule is Cc1ccc(-n2c(=O)c3ccccc3n3c(SCC(=O)NC(C)CCC(C)C)nnc23)c(C)c1. The van der Waals surface area contributed by atoms with E-state index in [1.807, 2.05) is 67.6 Å². The van der Waals surface area contributed by atoms with Crippen LogP contribution in [-0.4, -0.2) is 36.9 Å². The van der Waals surface area contributed by atoms with E-state index in [1.165, 1.54) is 11.8 Å². The highest BCUT2D eigenvalue weighted by molar-refractivity contribution is 7.99. The molecule has 0 saturated heterocycles. The molecule has 178 valence electrons. The Labute approximate surface area is 203 Å². The molecule has 0 fully saturated rings. The normalized spacial score (nSPS) is 12.5. The van der Waals surface area contributed by atoms with Gasteiger partial charge in [0.15, 0.2) is 5.16 Å². The van der Waals surface area contributed by atoms with E-state index in [4.69, 9.17) is 0 Å². The van der Waals surface area contributed by atoms with Crippen LogP contribution in [0.15, 0.2) is 52.4 Å². The van der Waals surface area contributed by atoms with E-state index in [9.17, 15) is 9.59 Å². The van der Waals surface area contributed by atoms with Gasteiger partial charge in [-0.2, -0.15) is 0 Å². The van der Waals surface area contributed by atoms with Crippen LogP contribution in [0, 0.1) is 19.8 Å². The Balaban J connectivity index is 1.71. The Bertz CT molecular complexity index is 1410. The Hall–Kier alpha value is -3.13. The van der Waals surface area contributed by atoms with Crippen LogP contribution < -0.4 is 10.9 Å². The van der Waals surface area contributed by atoms with E-state index >= 15 is 0 Å². The lowest BCUT2D eigenvalue weighted by Crippen LogP contribution is -2.34. The van der Waals surface area contributed by atoms with E-state index in [0.29, 0.717) is 22.2 Å². The second-order valence-electron chi connectivity index (χ2n) is 9.29. The van der Waals surface area contributed by atoms with Crippen LogP contribution in [0.1, 0.15) is 44.7 Å². The van der Waals surface area contributed by atoms with Gasteiger partial charge in [0.1, 0.15) is 0 Å². The Kier molecular flexibility index (Phi) is 7.07. The fraction of sp³-hybridized carbons (Fsp3) is 0.385. The summed E-state index contributed by atoms with van der Waals surface area (Å²) in [5.74, 6) is 1.23. The van der Waals surface area contributed by atoms with Crippen LogP contribution in [0.3, 0.4) is 0 Å². The highest BCUT2D eigenvalue weighted by atomic mass is 32.2. The molecule has 0 saturated carbocycles. The van der Waals surface area contributed by atoms with Crippen molar-refractivity contribution in [2.45, 2.75) is 58.7 Å². The van der Waals surface area contributed by atoms with Gasteiger partial charge < -0.3 is 5.32 Å². The lowest BCUT2D eigenvalue weighted by atomic mass is 10.0. The van der Waals surface area contributed by atoms with Crippen LogP contribution in [0.25, 0.3) is 22.4 Å². The molecule has 0 spiro atoms. The minimum atomic E-state index is -0.143. The monoisotopic (exact) mass is 477 g/mol. The molecular formula is C26H31N5O2S. The Morgan fingerprint density at radius 1 is 1.06 bits per heavy atom.